The van der Waals surface area contributed by atoms with E-state index in [2.05, 4.69) is 15.8 Å². The number of hydrogen-bond acceptors (Lipinski definition) is 6. The van der Waals surface area contributed by atoms with Crippen molar-refractivity contribution in [1.29, 1.82) is 0 Å². The Bertz CT molecular complexity index is 714. The van der Waals surface area contributed by atoms with Crippen molar-refractivity contribution >= 4 is 34.9 Å². The molecule has 2 N–H and O–H groups in total. The van der Waals surface area contributed by atoms with Crippen LogP contribution in [0.5, 0.6) is 0 Å². The number of amides is 2. The molecule has 0 aliphatic carbocycles. The predicted octanol–water partition coefficient (Wildman–Crippen LogP) is 1.71. The second-order valence-electron chi connectivity index (χ2n) is 6.75. The molecule has 1 saturated heterocycles. The minimum atomic E-state index is -0.825. The topological polar surface area (TPSA) is 89.0 Å². The third-order valence-corrected chi connectivity index (χ3v) is 5.11. The maximum Gasteiger partial charge on any atom is 0.269 e. The summed E-state index contributed by atoms with van der Waals surface area (Å²) >= 11 is 1.56. The van der Waals surface area contributed by atoms with E-state index in [-0.39, 0.29) is 30.5 Å². The summed E-state index contributed by atoms with van der Waals surface area (Å²) in [5.41, 5.74) is -0.494. The molecule has 26 heavy (non-hydrogen) atoms. The third kappa shape index (κ3) is 4.31. The lowest BCUT2D eigenvalue weighted by molar-refractivity contribution is -0.140. The van der Waals surface area contributed by atoms with E-state index in [9.17, 15) is 9.59 Å². The second kappa shape index (κ2) is 8.01. The Hall–Kier alpha value is -2.19. The Balaban J connectivity index is 1.63. The molecular weight excluding hydrogens is 354 g/mol. The second-order valence-corrected chi connectivity index (χ2v) is 7.73. The number of oxime groups is 1. The summed E-state index contributed by atoms with van der Waals surface area (Å²) in [5.74, 6) is -0.446. The molecule has 1 aromatic rings. The quantitative estimate of drug-likeness (QED) is 0.765. The van der Waals surface area contributed by atoms with E-state index in [1.54, 1.807) is 17.4 Å². The van der Waals surface area contributed by atoms with Gasteiger partial charge in [0.05, 0.1) is 12.6 Å². The van der Waals surface area contributed by atoms with Gasteiger partial charge in [0.2, 0.25) is 5.91 Å². The van der Waals surface area contributed by atoms with Gasteiger partial charge in [0, 0.05) is 30.0 Å². The predicted molar refractivity (Wildman–Crippen MR) is 99.9 cm³/mol. The average molecular weight is 377 g/mol. The van der Waals surface area contributed by atoms with Crippen molar-refractivity contribution in [3.8, 4) is 0 Å². The van der Waals surface area contributed by atoms with Gasteiger partial charge in [-0.2, -0.15) is 0 Å². The molecule has 140 valence electrons. The average Bonchev–Trinajstić information content (AvgIpc) is 3.25. The maximum atomic E-state index is 12.3. The molecule has 3 rings (SSSR count). The largest absolute Gasteiger partial charge is 0.384 e. The van der Waals surface area contributed by atoms with Gasteiger partial charge in [-0.25, -0.2) is 0 Å². The van der Waals surface area contributed by atoms with Crippen molar-refractivity contribution in [2.24, 2.45) is 5.16 Å². The zero-order chi connectivity index (χ0) is 18.6. The minimum absolute atomic E-state index is 0.0160. The summed E-state index contributed by atoms with van der Waals surface area (Å²) in [4.78, 5) is 31.1. The fraction of sp³-hybridized carbons (Fsp3) is 0.500. The lowest BCUT2D eigenvalue weighted by Gasteiger charge is -2.38. The summed E-state index contributed by atoms with van der Waals surface area (Å²) in [7, 11) is 0. The number of thiophene rings is 1. The molecule has 2 aliphatic heterocycles. The summed E-state index contributed by atoms with van der Waals surface area (Å²) in [5, 5.41) is 11.7. The van der Waals surface area contributed by atoms with Crippen molar-refractivity contribution in [2.45, 2.75) is 44.4 Å². The van der Waals surface area contributed by atoms with Gasteiger partial charge in [-0.3, -0.25) is 9.59 Å². The van der Waals surface area contributed by atoms with Gasteiger partial charge in [-0.15, -0.1) is 11.3 Å². The molecule has 0 radical (unpaired) electrons. The molecule has 2 aliphatic rings. The summed E-state index contributed by atoms with van der Waals surface area (Å²) in [6.07, 6.45) is 4.20. The molecule has 0 bridgehead atoms. The zero-order valence-corrected chi connectivity index (χ0v) is 15.7. The Labute approximate surface area is 156 Å². The van der Waals surface area contributed by atoms with Gasteiger partial charge in [-0.05, 0) is 37.8 Å². The molecular formula is C18H23N3O4S. The van der Waals surface area contributed by atoms with Crippen LogP contribution in [-0.4, -0.2) is 48.4 Å². The Morgan fingerprint density at radius 1 is 1.46 bits per heavy atom. The van der Waals surface area contributed by atoms with E-state index in [1.807, 2.05) is 31.4 Å². The lowest BCUT2D eigenvalue weighted by atomic mass is 9.86. The first-order valence-electron chi connectivity index (χ1n) is 8.64. The van der Waals surface area contributed by atoms with Crippen LogP contribution in [0.1, 0.15) is 31.6 Å². The van der Waals surface area contributed by atoms with Crippen LogP contribution in [0.3, 0.4) is 0 Å². The first-order chi connectivity index (χ1) is 12.5. The molecule has 2 amide bonds. The van der Waals surface area contributed by atoms with E-state index in [0.717, 1.165) is 4.88 Å². The standard InChI is InChI=1S/C18H23N3O4S/c1-12(2)19-17(23)14-10-18(25-21-14)11-24-8-7-15(18)20-16(22)6-5-13-4-3-9-26-13/h3-6,9,12,15H,7-8,10-11H2,1-2H3,(H,19,23)(H,20,22)/b6-5+. The Kier molecular flexibility index (Phi) is 5.73. The van der Waals surface area contributed by atoms with Crippen molar-refractivity contribution in [3.05, 3.63) is 28.5 Å². The van der Waals surface area contributed by atoms with Crippen LogP contribution in [0.4, 0.5) is 0 Å². The molecule has 1 spiro atoms. The molecule has 7 nitrogen and oxygen atoms in total. The normalized spacial score (nSPS) is 25.3. The van der Waals surface area contributed by atoms with Crippen LogP contribution >= 0.6 is 11.3 Å². The third-order valence-electron chi connectivity index (χ3n) is 4.28. The SMILES string of the molecule is CC(C)NC(=O)C1=NOC2(COCCC2NC(=O)/C=C/c2cccs2)C1. The fourth-order valence-electron chi connectivity index (χ4n) is 3.00. The summed E-state index contributed by atoms with van der Waals surface area (Å²) in [6, 6.07) is 3.62. The monoisotopic (exact) mass is 377 g/mol. The number of nitrogens with one attached hydrogen (secondary N) is 2. The van der Waals surface area contributed by atoms with Crippen LogP contribution in [0.2, 0.25) is 0 Å². The fourth-order valence-corrected chi connectivity index (χ4v) is 3.62. The minimum Gasteiger partial charge on any atom is -0.384 e. The first kappa shape index (κ1) is 18.6. The Morgan fingerprint density at radius 2 is 2.31 bits per heavy atom. The van der Waals surface area contributed by atoms with E-state index in [4.69, 9.17) is 9.57 Å². The molecule has 2 unspecified atom stereocenters. The zero-order valence-electron chi connectivity index (χ0n) is 14.9. The van der Waals surface area contributed by atoms with Gasteiger partial charge >= 0.3 is 0 Å². The number of carbonyl (C=O) groups excluding carboxylic acids is 2. The van der Waals surface area contributed by atoms with E-state index >= 15 is 0 Å². The summed E-state index contributed by atoms with van der Waals surface area (Å²) < 4.78 is 5.55. The van der Waals surface area contributed by atoms with Crippen molar-refractivity contribution in [1.82, 2.24) is 10.6 Å². The highest BCUT2D eigenvalue weighted by atomic mass is 32.1. The van der Waals surface area contributed by atoms with E-state index < -0.39 is 5.60 Å². The van der Waals surface area contributed by atoms with Crippen molar-refractivity contribution in [2.75, 3.05) is 13.2 Å². The smallest absolute Gasteiger partial charge is 0.269 e. The maximum absolute atomic E-state index is 12.3. The number of rotatable bonds is 5. The molecule has 0 saturated carbocycles. The molecule has 0 aromatic carbocycles. The molecule has 1 aromatic heterocycles. The Morgan fingerprint density at radius 3 is 3.04 bits per heavy atom. The number of hydrogen-bond donors (Lipinski definition) is 2. The highest BCUT2D eigenvalue weighted by Crippen LogP contribution is 2.33. The first-order valence-corrected chi connectivity index (χ1v) is 9.52. The van der Waals surface area contributed by atoms with Crippen LogP contribution in [0.25, 0.3) is 6.08 Å². The van der Waals surface area contributed by atoms with Crippen LogP contribution in [-0.2, 0) is 19.2 Å². The van der Waals surface area contributed by atoms with Crippen molar-refractivity contribution in [3.63, 3.8) is 0 Å². The summed E-state index contributed by atoms with van der Waals surface area (Å²) in [6.45, 7) is 4.58. The highest BCUT2D eigenvalue weighted by molar-refractivity contribution is 7.10. The van der Waals surface area contributed by atoms with Crippen LogP contribution < -0.4 is 10.6 Å². The van der Waals surface area contributed by atoms with Gasteiger partial charge in [-0.1, -0.05) is 11.2 Å². The number of carbonyl (C=O) groups is 2. The number of ether oxygens (including phenoxy) is 1. The lowest BCUT2D eigenvalue weighted by Crippen LogP contribution is -2.58. The van der Waals surface area contributed by atoms with Crippen molar-refractivity contribution < 1.29 is 19.2 Å². The van der Waals surface area contributed by atoms with Crippen LogP contribution in [0.15, 0.2) is 28.7 Å². The van der Waals surface area contributed by atoms with Gasteiger partial charge in [0.25, 0.3) is 5.91 Å². The van der Waals surface area contributed by atoms with Gasteiger partial charge < -0.3 is 20.2 Å². The molecule has 3 heterocycles. The molecule has 2 atom stereocenters. The van der Waals surface area contributed by atoms with Gasteiger partial charge in [0.15, 0.2) is 5.60 Å². The number of nitrogens with zero attached hydrogens (tertiary/aromatic N) is 1. The highest BCUT2D eigenvalue weighted by Gasteiger charge is 2.50. The van der Waals surface area contributed by atoms with Gasteiger partial charge in [0.1, 0.15) is 5.71 Å². The molecule has 8 heteroatoms. The van der Waals surface area contributed by atoms with Crippen LogP contribution in [0, 0.1) is 0 Å². The van der Waals surface area contributed by atoms with E-state index in [1.165, 1.54) is 6.08 Å². The van der Waals surface area contributed by atoms with E-state index in [0.29, 0.717) is 25.2 Å². The molecule has 1 fully saturated rings.